The van der Waals surface area contributed by atoms with Crippen molar-refractivity contribution >= 4 is 16.9 Å². The third-order valence-corrected chi connectivity index (χ3v) is 3.99. The third kappa shape index (κ3) is 1.90. The summed E-state index contributed by atoms with van der Waals surface area (Å²) in [5.74, 6) is -0.355. The number of nitrogens with one attached hydrogen (secondary N) is 2. The minimum Gasteiger partial charge on any atom is -0.408 e. The van der Waals surface area contributed by atoms with Crippen LogP contribution in [-0.4, -0.2) is 24.4 Å². The van der Waals surface area contributed by atoms with Gasteiger partial charge < -0.3 is 9.73 Å². The minimum absolute atomic E-state index is 0.138. The van der Waals surface area contributed by atoms with Crippen LogP contribution in [0.25, 0.3) is 11.1 Å². The zero-order chi connectivity index (χ0) is 13.5. The van der Waals surface area contributed by atoms with Crippen molar-refractivity contribution in [3.8, 4) is 0 Å². The largest absolute Gasteiger partial charge is 0.417 e. The minimum atomic E-state index is -0.492. The van der Waals surface area contributed by atoms with E-state index < -0.39 is 5.76 Å². The number of aromatic amines is 1. The van der Waals surface area contributed by atoms with Gasteiger partial charge in [-0.15, -0.1) is 0 Å². The van der Waals surface area contributed by atoms with Crippen LogP contribution in [0.4, 0.5) is 0 Å². The molecule has 3 rings (SSSR count). The van der Waals surface area contributed by atoms with Crippen LogP contribution < -0.4 is 11.1 Å². The van der Waals surface area contributed by atoms with Gasteiger partial charge in [0, 0.05) is 17.5 Å². The Balaban J connectivity index is 1.98. The maximum Gasteiger partial charge on any atom is 0.417 e. The molecule has 0 spiro atoms. The fourth-order valence-electron chi connectivity index (χ4n) is 2.82. The van der Waals surface area contributed by atoms with Crippen molar-refractivity contribution in [3.05, 3.63) is 34.3 Å². The molecule has 2 N–H and O–H groups in total. The SMILES string of the molecule is CNCC1(C(=O)c2ccc3[nH]c(=O)oc3c2)CCC1. The fraction of sp³-hybridized carbons (Fsp3) is 0.429. The van der Waals surface area contributed by atoms with Crippen molar-refractivity contribution in [1.29, 1.82) is 0 Å². The number of hydrogen-bond donors (Lipinski definition) is 2. The number of benzene rings is 1. The van der Waals surface area contributed by atoms with Gasteiger partial charge in [0.25, 0.3) is 0 Å². The van der Waals surface area contributed by atoms with Crippen molar-refractivity contribution in [2.45, 2.75) is 19.3 Å². The smallest absolute Gasteiger partial charge is 0.408 e. The second-order valence-electron chi connectivity index (χ2n) is 5.22. The number of carbonyl (C=O) groups excluding carboxylic acids is 1. The third-order valence-electron chi connectivity index (χ3n) is 3.99. The van der Waals surface area contributed by atoms with Crippen molar-refractivity contribution < 1.29 is 9.21 Å². The maximum atomic E-state index is 12.6. The van der Waals surface area contributed by atoms with Crippen LogP contribution in [0.5, 0.6) is 0 Å². The molecule has 19 heavy (non-hydrogen) atoms. The molecule has 1 fully saturated rings. The van der Waals surface area contributed by atoms with Crippen LogP contribution in [0.1, 0.15) is 29.6 Å². The van der Waals surface area contributed by atoms with Crippen molar-refractivity contribution in [3.63, 3.8) is 0 Å². The van der Waals surface area contributed by atoms with Crippen LogP contribution in [0.2, 0.25) is 0 Å². The summed E-state index contributed by atoms with van der Waals surface area (Å²) in [6, 6.07) is 5.14. The lowest BCUT2D eigenvalue weighted by Gasteiger charge is -2.40. The van der Waals surface area contributed by atoms with Crippen LogP contribution in [0.15, 0.2) is 27.4 Å². The quantitative estimate of drug-likeness (QED) is 0.820. The molecular formula is C14H16N2O3. The lowest BCUT2D eigenvalue weighted by molar-refractivity contribution is 0.0614. The van der Waals surface area contributed by atoms with E-state index >= 15 is 0 Å². The van der Waals surface area contributed by atoms with Crippen molar-refractivity contribution in [1.82, 2.24) is 10.3 Å². The average Bonchev–Trinajstić information content (AvgIpc) is 2.72. The summed E-state index contributed by atoms with van der Waals surface area (Å²) < 4.78 is 5.00. The van der Waals surface area contributed by atoms with E-state index in [1.54, 1.807) is 18.2 Å². The van der Waals surface area contributed by atoms with Crippen molar-refractivity contribution in [2.75, 3.05) is 13.6 Å². The first kappa shape index (κ1) is 12.2. The first-order valence-corrected chi connectivity index (χ1v) is 6.47. The number of hydrogen-bond acceptors (Lipinski definition) is 4. The second kappa shape index (κ2) is 4.35. The molecule has 1 aromatic carbocycles. The molecule has 0 saturated heterocycles. The summed E-state index contributed by atoms with van der Waals surface area (Å²) >= 11 is 0. The molecule has 5 nitrogen and oxygen atoms in total. The van der Waals surface area contributed by atoms with Gasteiger partial charge in [-0.25, -0.2) is 4.79 Å². The van der Waals surface area contributed by atoms with E-state index in [4.69, 9.17) is 4.42 Å². The number of Topliss-reactive ketones (excluding diaryl/α,β-unsaturated/α-hetero) is 1. The second-order valence-corrected chi connectivity index (χ2v) is 5.22. The lowest BCUT2D eigenvalue weighted by Crippen LogP contribution is -2.45. The molecule has 0 aliphatic heterocycles. The Hall–Kier alpha value is -1.88. The Morgan fingerprint density at radius 1 is 1.47 bits per heavy atom. The molecule has 5 heteroatoms. The maximum absolute atomic E-state index is 12.6. The molecule has 0 atom stereocenters. The van der Waals surface area contributed by atoms with E-state index in [-0.39, 0.29) is 11.2 Å². The number of carbonyl (C=O) groups is 1. The van der Waals surface area contributed by atoms with E-state index in [1.165, 1.54) is 0 Å². The van der Waals surface area contributed by atoms with Gasteiger partial charge >= 0.3 is 5.76 Å². The van der Waals surface area contributed by atoms with Crippen LogP contribution in [0, 0.1) is 5.41 Å². The van der Waals surface area contributed by atoms with E-state index in [1.807, 2.05) is 7.05 Å². The van der Waals surface area contributed by atoms with E-state index in [0.717, 1.165) is 19.3 Å². The number of rotatable bonds is 4. The molecule has 0 amide bonds. The number of oxazole rings is 1. The predicted molar refractivity (Wildman–Crippen MR) is 71.4 cm³/mol. The zero-order valence-electron chi connectivity index (χ0n) is 10.8. The highest BCUT2D eigenvalue weighted by molar-refractivity contribution is 6.03. The summed E-state index contributed by atoms with van der Waals surface area (Å²) in [6.45, 7) is 0.695. The highest BCUT2D eigenvalue weighted by atomic mass is 16.4. The number of ketones is 1. The monoisotopic (exact) mass is 260 g/mol. The summed E-state index contributed by atoms with van der Waals surface area (Å²) in [5.41, 5.74) is 1.40. The molecular weight excluding hydrogens is 244 g/mol. The molecule has 1 aromatic heterocycles. The first-order valence-electron chi connectivity index (χ1n) is 6.47. The van der Waals surface area contributed by atoms with E-state index in [9.17, 15) is 9.59 Å². The number of aromatic nitrogens is 1. The number of H-pyrrole nitrogens is 1. The van der Waals surface area contributed by atoms with Gasteiger partial charge in [0.15, 0.2) is 11.4 Å². The molecule has 0 unspecified atom stereocenters. The zero-order valence-corrected chi connectivity index (χ0v) is 10.8. The standard InChI is InChI=1S/C14H16N2O3/c1-15-8-14(5-2-6-14)12(17)9-3-4-10-11(7-9)19-13(18)16-10/h3-4,7,15H,2,5-6,8H2,1H3,(H,16,18). The van der Waals surface area contributed by atoms with Gasteiger partial charge in [-0.05, 0) is 38.1 Å². The van der Waals surface area contributed by atoms with Gasteiger partial charge in [-0.1, -0.05) is 6.42 Å². The molecule has 1 saturated carbocycles. The molecule has 100 valence electrons. The molecule has 1 aliphatic carbocycles. The topological polar surface area (TPSA) is 75.1 Å². The molecule has 0 radical (unpaired) electrons. The van der Waals surface area contributed by atoms with E-state index in [2.05, 4.69) is 10.3 Å². The Morgan fingerprint density at radius 2 is 2.26 bits per heavy atom. The lowest BCUT2D eigenvalue weighted by atomic mass is 9.64. The summed E-state index contributed by atoms with van der Waals surface area (Å²) in [6.07, 6.45) is 2.93. The summed E-state index contributed by atoms with van der Waals surface area (Å²) in [5, 5.41) is 3.10. The average molecular weight is 260 g/mol. The number of fused-ring (bicyclic) bond motifs is 1. The van der Waals surface area contributed by atoms with Gasteiger partial charge in [-0.2, -0.15) is 0 Å². The summed E-state index contributed by atoms with van der Waals surface area (Å²) in [7, 11) is 1.86. The Kier molecular flexibility index (Phi) is 2.78. The molecule has 1 aliphatic rings. The normalized spacial score (nSPS) is 17.3. The molecule has 1 heterocycles. The van der Waals surface area contributed by atoms with Crippen molar-refractivity contribution in [2.24, 2.45) is 5.41 Å². The molecule has 0 bridgehead atoms. The van der Waals surface area contributed by atoms with Gasteiger partial charge in [0.05, 0.1) is 5.52 Å². The van der Waals surface area contributed by atoms with Crippen LogP contribution in [0.3, 0.4) is 0 Å². The van der Waals surface area contributed by atoms with Crippen LogP contribution >= 0.6 is 0 Å². The Bertz CT molecular complexity index is 679. The Labute approximate surface area is 110 Å². The first-order chi connectivity index (χ1) is 9.14. The van der Waals surface area contributed by atoms with E-state index in [0.29, 0.717) is 23.2 Å². The van der Waals surface area contributed by atoms with Gasteiger partial charge in [-0.3, -0.25) is 9.78 Å². The highest BCUT2D eigenvalue weighted by Gasteiger charge is 2.43. The predicted octanol–water partition coefficient (Wildman–Crippen LogP) is 1.69. The van der Waals surface area contributed by atoms with Crippen LogP contribution in [-0.2, 0) is 0 Å². The van der Waals surface area contributed by atoms with Gasteiger partial charge in [0.1, 0.15) is 0 Å². The highest BCUT2D eigenvalue weighted by Crippen LogP contribution is 2.43. The molecule has 2 aromatic rings. The fourth-order valence-corrected chi connectivity index (χ4v) is 2.82. The Morgan fingerprint density at radius 3 is 2.89 bits per heavy atom. The summed E-state index contributed by atoms with van der Waals surface area (Å²) in [4.78, 5) is 26.3. The van der Waals surface area contributed by atoms with Gasteiger partial charge in [0.2, 0.25) is 0 Å².